The number of fused-ring (bicyclic) bond motifs is 1. The largest absolute Gasteiger partial charge is 0.331 e. The number of aromatic nitrogens is 3. The van der Waals surface area contributed by atoms with Crippen molar-refractivity contribution in [2.75, 3.05) is 13.1 Å². The number of hydrogen-bond acceptors (Lipinski definition) is 6. The molecule has 2 heterocycles. The molecule has 2 aliphatic rings. The van der Waals surface area contributed by atoms with Crippen molar-refractivity contribution < 1.29 is 19.2 Å². The van der Waals surface area contributed by atoms with Gasteiger partial charge in [-0.25, -0.2) is 9.97 Å². The minimum Gasteiger partial charge on any atom is -0.331 e. The molecule has 0 aliphatic heterocycles. The van der Waals surface area contributed by atoms with E-state index in [-0.39, 0.29) is 54.1 Å². The molecular formula is C39H42BrClN4O4. The van der Waals surface area contributed by atoms with E-state index in [1.165, 1.54) is 6.33 Å². The molecule has 2 unspecified atom stereocenters. The van der Waals surface area contributed by atoms with Crippen molar-refractivity contribution in [3.8, 4) is 11.8 Å². The van der Waals surface area contributed by atoms with Gasteiger partial charge >= 0.3 is 0 Å². The number of halogens is 2. The Morgan fingerprint density at radius 2 is 1.78 bits per heavy atom. The van der Waals surface area contributed by atoms with Gasteiger partial charge in [0, 0.05) is 74.4 Å². The third-order valence-electron chi connectivity index (χ3n) is 9.91. The van der Waals surface area contributed by atoms with Crippen LogP contribution in [0.15, 0.2) is 63.6 Å². The Labute approximate surface area is 301 Å². The van der Waals surface area contributed by atoms with Gasteiger partial charge in [0.25, 0.3) is 0 Å². The van der Waals surface area contributed by atoms with Crippen LogP contribution in [0.25, 0.3) is 11.0 Å². The van der Waals surface area contributed by atoms with Crippen LogP contribution >= 0.6 is 27.5 Å². The van der Waals surface area contributed by atoms with E-state index in [4.69, 9.17) is 11.6 Å². The summed E-state index contributed by atoms with van der Waals surface area (Å²) in [4.78, 5) is 63.7. The molecule has 0 saturated heterocycles. The minimum atomic E-state index is -0.874. The van der Waals surface area contributed by atoms with Crippen LogP contribution in [0.1, 0.15) is 96.1 Å². The van der Waals surface area contributed by atoms with Crippen LogP contribution in [-0.4, -0.2) is 55.8 Å². The average Bonchev–Trinajstić information content (AvgIpc) is 3.70. The standard InChI is InChI=1S/C39H42BrClN4O4/c1-22(2)34(47)30-18-26(11-13-31(30)40)9-8-15-44(32(46)19-39(6,7)33-25(5)35(48)23(3)24(4)36(33)49)20-27-10-12-28(17-27)45-16-14-29-37(41)42-21-43-38(29)45/h11,13-14,16,18,21-22,27-28H,10,12,15,17,19-20H2,1-7H3. The smallest absolute Gasteiger partial charge is 0.224 e. The van der Waals surface area contributed by atoms with E-state index in [0.717, 1.165) is 34.8 Å². The summed E-state index contributed by atoms with van der Waals surface area (Å²) in [6.45, 7) is 13.1. The lowest BCUT2D eigenvalue weighted by Crippen LogP contribution is -2.40. The van der Waals surface area contributed by atoms with Crippen LogP contribution in [0.3, 0.4) is 0 Å². The fourth-order valence-corrected chi connectivity index (χ4v) is 7.73. The second-order valence-electron chi connectivity index (χ2n) is 14.2. The SMILES string of the molecule is CC1=C(C)C(=O)C(C(C)(C)CC(=O)N(CC#Cc2ccc(Br)c(C(=O)C(C)C)c2)CC2CCC(n3ccc4c(Cl)ncnc43)C2)=C(C)C1=O. The minimum absolute atomic E-state index is 0.0233. The Balaban J connectivity index is 1.40. The zero-order valence-corrected chi connectivity index (χ0v) is 31.5. The highest BCUT2D eigenvalue weighted by Crippen LogP contribution is 2.41. The van der Waals surface area contributed by atoms with Gasteiger partial charge in [-0.15, -0.1) is 0 Å². The maximum Gasteiger partial charge on any atom is 0.224 e. The molecule has 1 saturated carbocycles. The van der Waals surface area contributed by atoms with Gasteiger partial charge in [-0.1, -0.05) is 67.1 Å². The van der Waals surface area contributed by atoms with E-state index in [9.17, 15) is 19.2 Å². The molecular weight excluding hydrogens is 704 g/mol. The predicted octanol–water partition coefficient (Wildman–Crippen LogP) is 8.13. The van der Waals surface area contributed by atoms with Crippen LogP contribution in [0.2, 0.25) is 5.15 Å². The van der Waals surface area contributed by atoms with Crippen molar-refractivity contribution in [3.05, 3.63) is 79.8 Å². The summed E-state index contributed by atoms with van der Waals surface area (Å²) in [5.41, 5.74) is 2.88. The van der Waals surface area contributed by atoms with Crippen molar-refractivity contribution >= 4 is 61.8 Å². The first-order valence-corrected chi connectivity index (χ1v) is 17.8. The number of Topliss-reactive ketones (excluding diaryl/α,β-unsaturated/α-hetero) is 3. The van der Waals surface area contributed by atoms with Crippen LogP contribution in [0.5, 0.6) is 0 Å². The summed E-state index contributed by atoms with van der Waals surface area (Å²) in [5.74, 6) is 5.97. The Hall–Kier alpha value is -3.87. The Morgan fingerprint density at radius 1 is 1.06 bits per heavy atom. The van der Waals surface area contributed by atoms with Crippen LogP contribution in [-0.2, 0) is 14.4 Å². The Kier molecular flexibility index (Phi) is 10.8. The van der Waals surface area contributed by atoms with Gasteiger partial charge in [-0.2, -0.15) is 0 Å². The van der Waals surface area contributed by atoms with Gasteiger partial charge < -0.3 is 9.47 Å². The quantitative estimate of drug-likeness (QED) is 0.0949. The first-order chi connectivity index (χ1) is 23.1. The monoisotopic (exact) mass is 744 g/mol. The summed E-state index contributed by atoms with van der Waals surface area (Å²) in [6, 6.07) is 7.59. The van der Waals surface area contributed by atoms with Gasteiger partial charge in [0.15, 0.2) is 17.3 Å². The number of amides is 1. The van der Waals surface area contributed by atoms with Crippen molar-refractivity contribution in [1.29, 1.82) is 0 Å². The van der Waals surface area contributed by atoms with Crippen LogP contribution in [0.4, 0.5) is 0 Å². The van der Waals surface area contributed by atoms with Gasteiger partial charge in [-0.05, 0) is 70.2 Å². The highest BCUT2D eigenvalue weighted by atomic mass is 79.9. The first kappa shape index (κ1) is 36.4. The van der Waals surface area contributed by atoms with Crippen LogP contribution < -0.4 is 0 Å². The van der Waals surface area contributed by atoms with Crippen molar-refractivity contribution in [2.24, 2.45) is 17.3 Å². The summed E-state index contributed by atoms with van der Waals surface area (Å²) in [5, 5.41) is 1.24. The van der Waals surface area contributed by atoms with Gasteiger partial charge in [0.1, 0.15) is 17.1 Å². The molecule has 1 aromatic carbocycles. The Morgan fingerprint density at radius 3 is 2.49 bits per heavy atom. The van der Waals surface area contributed by atoms with Crippen molar-refractivity contribution in [3.63, 3.8) is 0 Å². The number of carbonyl (C=O) groups is 4. The summed E-state index contributed by atoms with van der Waals surface area (Å²) >= 11 is 9.80. The maximum absolute atomic E-state index is 14.2. The number of allylic oxidation sites excluding steroid dienone is 4. The fraction of sp³-hybridized carbons (Fsp3) is 0.436. The molecule has 1 amide bonds. The molecule has 10 heteroatoms. The van der Waals surface area contributed by atoms with Crippen LogP contribution in [0, 0.1) is 29.1 Å². The molecule has 3 aromatic rings. The summed E-state index contributed by atoms with van der Waals surface area (Å²) < 4.78 is 2.87. The topological polar surface area (TPSA) is 102 Å². The number of hydrogen-bond donors (Lipinski definition) is 0. The van der Waals surface area contributed by atoms with Gasteiger partial charge in [0.05, 0.1) is 11.9 Å². The molecule has 0 bridgehead atoms. The molecule has 2 aliphatic carbocycles. The number of carbonyl (C=O) groups excluding carboxylic acids is 4. The molecule has 2 atom stereocenters. The van der Waals surface area contributed by atoms with E-state index >= 15 is 0 Å². The number of benzene rings is 1. The van der Waals surface area contributed by atoms with E-state index in [2.05, 4.69) is 42.3 Å². The van der Waals surface area contributed by atoms with Gasteiger partial charge in [0.2, 0.25) is 5.91 Å². The number of ketones is 3. The second-order valence-corrected chi connectivity index (χ2v) is 15.4. The van der Waals surface area contributed by atoms with E-state index < -0.39 is 5.41 Å². The lowest BCUT2D eigenvalue weighted by Gasteiger charge is -2.33. The zero-order chi connectivity index (χ0) is 35.8. The second kappa shape index (κ2) is 14.5. The van der Waals surface area contributed by atoms with Crippen molar-refractivity contribution in [2.45, 2.75) is 80.2 Å². The molecule has 2 aromatic heterocycles. The highest BCUT2D eigenvalue weighted by Gasteiger charge is 2.39. The third kappa shape index (κ3) is 7.51. The van der Waals surface area contributed by atoms with E-state index in [1.54, 1.807) is 31.7 Å². The lowest BCUT2D eigenvalue weighted by molar-refractivity contribution is -0.133. The number of nitrogens with zero attached hydrogens (tertiary/aromatic N) is 4. The van der Waals surface area contributed by atoms with Gasteiger partial charge in [-0.3, -0.25) is 19.2 Å². The molecule has 8 nitrogen and oxygen atoms in total. The molecule has 0 N–H and O–H groups in total. The van der Waals surface area contributed by atoms with E-state index in [1.807, 2.05) is 52.1 Å². The molecule has 0 radical (unpaired) electrons. The first-order valence-electron chi connectivity index (χ1n) is 16.7. The maximum atomic E-state index is 14.2. The highest BCUT2D eigenvalue weighted by molar-refractivity contribution is 9.10. The molecule has 5 rings (SSSR count). The van der Waals surface area contributed by atoms with Crippen molar-refractivity contribution in [1.82, 2.24) is 19.4 Å². The lowest BCUT2D eigenvalue weighted by atomic mass is 9.71. The molecule has 1 fully saturated rings. The number of rotatable bonds is 9. The normalized spacial score (nSPS) is 18.4. The predicted molar refractivity (Wildman–Crippen MR) is 195 cm³/mol. The molecule has 0 spiro atoms. The Bertz CT molecular complexity index is 1990. The molecule has 49 heavy (non-hydrogen) atoms. The molecule has 256 valence electrons. The zero-order valence-electron chi connectivity index (χ0n) is 29.1. The van der Waals surface area contributed by atoms with E-state index in [0.29, 0.717) is 45.1 Å². The third-order valence-corrected chi connectivity index (χ3v) is 10.9. The summed E-state index contributed by atoms with van der Waals surface area (Å²) in [7, 11) is 0. The summed E-state index contributed by atoms with van der Waals surface area (Å²) in [6.07, 6.45) is 6.21. The fourth-order valence-electron chi connectivity index (χ4n) is 7.09. The average molecular weight is 746 g/mol.